The third-order valence-corrected chi connectivity index (χ3v) is 6.64. The van der Waals surface area contributed by atoms with Gasteiger partial charge in [-0.2, -0.15) is 23.3 Å². The molecule has 5 rings (SSSR count). The number of rotatable bonds is 7. The second-order valence-corrected chi connectivity index (χ2v) is 9.57. The third-order valence-electron chi connectivity index (χ3n) is 6.64. The zero-order valence-corrected chi connectivity index (χ0v) is 21.8. The van der Waals surface area contributed by atoms with Crippen LogP contribution < -0.4 is 15.5 Å². The van der Waals surface area contributed by atoms with Crippen LogP contribution in [0.15, 0.2) is 53.0 Å². The number of halogens is 4. The molecule has 0 radical (unpaired) electrons. The number of morpholine rings is 1. The van der Waals surface area contributed by atoms with Gasteiger partial charge in [0.15, 0.2) is 11.6 Å². The molecule has 2 saturated heterocycles. The van der Waals surface area contributed by atoms with Crippen LogP contribution in [0.5, 0.6) is 0 Å². The average molecular weight is 560 g/mol. The molecule has 0 bridgehead atoms. The lowest BCUT2D eigenvalue weighted by Crippen LogP contribution is -2.44. The molecule has 0 spiro atoms. The standard InChI is InChI=1S/C26H29F4N9O/c1-38-7-6-31-23(16-38)20-5-4-17(12-21(20)26(28,29)30)35-19-3-2-18(32-13-19)14-34-37-25-33-15-22(27)24(36-25)39-8-10-40-11-9-39/h2-5,12-13,15,23,31,35H,6-11,14,16H2,1H3. The number of nitrogens with zero attached hydrogens (tertiary/aromatic N) is 7. The van der Waals surface area contributed by atoms with Crippen molar-refractivity contribution in [2.24, 2.45) is 10.2 Å². The van der Waals surface area contributed by atoms with Crippen molar-refractivity contribution in [3.8, 4) is 0 Å². The summed E-state index contributed by atoms with van der Waals surface area (Å²) in [6.45, 7) is 4.05. The topological polar surface area (TPSA) is 103 Å². The molecule has 4 heterocycles. The summed E-state index contributed by atoms with van der Waals surface area (Å²) < 4.78 is 61.2. The van der Waals surface area contributed by atoms with Gasteiger partial charge in [0.25, 0.3) is 5.95 Å². The molecule has 10 nitrogen and oxygen atoms in total. The summed E-state index contributed by atoms with van der Waals surface area (Å²) in [5.74, 6) is -0.356. The first-order chi connectivity index (χ1) is 19.3. The first kappa shape index (κ1) is 27.8. The van der Waals surface area contributed by atoms with E-state index in [4.69, 9.17) is 4.74 Å². The summed E-state index contributed by atoms with van der Waals surface area (Å²) in [6, 6.07) is 7.27. The largest absolute Gasteiger partial charge is 0.416 e. The highest BCUT2D eigenvalue weighted by atomic mass is 19.4. The first-order valence-electron chi connectivity index (χ1n) is 12.8. The average Bonchev–Trinajstić information content (AvgIpc) is 2.95. The summed E-state index contributed by atoms with van der Waals surface area (Å²) in [5.41, 5.74) is 0.956. The van der Waals surface area contributed by atoms with Crippen molar-refractivity contribution in [1.29, 1.82) is 0 Å². The zero-order chi connectivity index (χ0) is 28.1. The molecule has 2 N–H and O–H groups in total. The van der Waals surface area contributed by atoms with Crippen LogP contribution in [0, 0.1) is 5.82 Å². The van der Waals surface area contributed by atoms with Gasteiger partial charge >= 0.3 is 6.18 Å². The van der Waals surface area contributed by atoms with E-state index >= 15 is 0 Å². The monoisotopic (exact) mass is 559 g/mol. The number of benzene rings is 1. The predicted octanol–water partition coefficient (Wildman–Crippen LogP) is 4.47. The van der Waals surface area contributed by atoms with Crippen molar-refractivity contribution in [3.63, 3.8) is 0 Å². The second-order valence-electron chi connectivity index (χ2n) is 9.57. The molecule has 3 aromatic rings. The molecule has 2 aromatic heterocycles. The van der Waals surface area contributed by atoms with Crippen LogP contribution in [0.2, 0.25) is 0 Å². The number of hydrogen-bond acceptors (Lipinski definition) is 10. The number of piperazine rings is 1. The van der Waals surface area contributed by atoms with Crippen molar-refractivity contribution in [2.75, 3.05) is 63.2 Å². The molecule has 2 aliphatic heterocycles. The van der Waals surface area contributed by atoms with Crippen LogP contribution in [0.25, 0.3) is 0 Å². The van der Waals surface area contributed by atoms with E-state index in [-0.39, 0.29) is 23.9 Å². The second kappa shape index (κ2) is 12.2. The summed E-state index contributed by atoms with van der Waals surface area (Å²) in [5, 5.41) is 14.2. The van der Waals surface area contributed by atoms with Crippen molar-refractivity contribution >= 4 is 23.1 Å². The van der Waals surface area contributed by atoms with Gasteiger partial charge < -0.3 is 25.2 Å². The third kappa shape index (κ3) is 6.87. The number of alkyl halides is 3. The zero-order valence-electron chi connectivity index (χ0n) is 21.8. The molecular formula is C26H29F4N9O. The lowest BCUT2D eigenvalue weighted by Gasteiger charge is -2.32. The molecule has 40 heavy (non-hydrogen) atoms. The van der Waals surface area contributed by atoms with Crippen LogP contribution in [-0.2, 0) is 17.5 Å². The van der Waals surface area contributed by atoms with Gasteiger partial charge in [-0.1, -0.05) is 6.07 Å². The Bertz CT molecular complexity index is 1330. The molecule has 0 aliphatic carbocycles. The van der Waals surface area contributed by atoms with Crippen LogP contribution in [0.1, 0.15) is 22.9 Å². The van der Waals surface area contributed by atoms with Gasteiger partial charge in [0.05, 0.1) is 42.6 Å². The maximum Gasteiger partial charge on any atom is 0.416 e. The minimum atomic E-state index is -4.49. The van der Waals surface area contributed by atoms with Crippen molar-refractivity contribution in [1.82, 2.24) is 25.2 Å². The van der Waals surface area contributed by atoms with Gasteiger partial charge in [0, 0.05) is 44.5 Å². The van der Waals surface area contributed by atoms with Gasteiger partial charge in [-0.3, -0.25) is 4.98 Å². The minimum Gasteiger partial charge on any atom is -0.378 e. The van der Waals surface area contributed by atoms with Crippen LogP contribution in [-0.4, -0.2) is 72.8 Å². The molecule has 1 aromatic carbocycles. The molecule has 0 amide bonds. The summed E-state index contributed by atoms with van der Waals surface area (Å²) in [4.78, 5) is 16.1. The number of likely N-dealkylation sites (N-methyl/N-ethyl adjacent to an activating group) is 1. The van der Waals surface area contributed by atoms with Crippen molar-refractivity contribution in [3.05, 3.63) is 65.4 Å². The van der Waals surface area contributed by atoms with Crippen LogP contribution >= 0.6 is 0 Å². The number of hydrogen-bond donors (Lipinski definition) is 2. The normalized spacial score (nSPS) is 18.8. The Kier molecular flexibility index (Phi) is 8.47. The number of nitrogens with one attached hydrogen (secondary N) is 2. The van der Waals surface area contributed by atoms with Gasteiger partial charge in [0.1, 0.15) is 6.54 Å². The minimum absolute atomic E-state index is 0.0279. The van der Waals surface area contributed by atoms with Crippen molar-refractivity contribution < 1.29 is 22.3 Å². The summed E-state index contributed by atoms with van der Waals surface area (Å²) in [6.07, 6.45) is -1.92. The lowest BCUT2D eigenvalue weighted by atomic mass is 9.97. The van der Waals surface area contributed by atoms with E-state index in [1.165, 1.54) is 12.3 Å². The molecule has 2 fully saturated rings. The molecule has 14 heteroatoms. The van der Waals surface area contributed by atoms with Gasteiger partial charge in [0.2, 0.25) is 0 Å². The first-order valence-corrected chi connectivity index (χ1v) is 12.8. The fourth-order valence-corrected chi connectivity index (χ4v) is 4.61. The van der Waals surface area contributed by atoms with E-state index in [1.807, 2.05) is 11.9 Å². The lowest BCUT2D eigenvalue weighted by molar-refractivity contribution is -0.138. The van der Waals surface area contributed by atoms with E-state index in [1.54, 1.807) is 23.1 Å². The van der Waals surface area contributed by atoms with Crippen molar-refractivity contribution in [2.45, 2.75) is 18.8 Å². The van der Waals surface area contributed by atoms with Crippen LogP contribution in [0.3, 0.4) is 0 Å². The van der Waals surface area contributed by atoms with Gasteiger partial charge in [-0.15, -0.1) is 5.11 Å². The maximum atomic E-state index is 14.2. The predicted molar refractivity (Wildman–Crippen MR) is 140 cm³/mol. The Balaban J connectivity index is 1.23. The fraction of sp³-hybridized carbons (Fsp3) is 0.423. The number of anilines is 3. The van der Waals surface area contributed by atoms with E-state index < -0.39 is 23.6 Å². The fourth-order valence-electron chi connectivity index (χ4n) is 4.61. The van der Waals surface area contributed by atoms with E-state index in [0.29, 0.717) is 56.5 Å². The number of ether oxygens (including phenoxy) is 1. The summed E-state index contributed by atoms with van der Waals surface area (Å²) in [7, 11) is 1.90. The highest BCUT2D eigenvalue weighted by molar-refractivity contribution is 5.61. The highest BCUT2D eigenvalue weighted by Gasteiger charge is 2.36. The Morgan fingerprint density at radius 1 is 1.07 bits per heavy atom. The quantitative estimate of drug-likeness (QED) is 0.323. The van der Waals surface area contributed by atoms with Gasteiger partial charge in [-0.25, -0.2) is 9.37 Å². The maximum absolute atomic E-state index is 14.2. The Labute approximate surface area is 228 Å². The molecule has 212 valence electrons. The SMILES string of the molecule is CN1CCNC(c2ccc(Nc3ccc(CN=Nc4ncc(F)c(N5CCOCC5)n4)nc3)cc2C(F)(F)F)C1. The Morgan fingerprint density at radius 2 is 1.88 bits per heavy atom. The Morgan fingerprint density at radius 3 is 2.60 bits per heavy atom. The molecule has 1 atom stereocenters. The van der Waals surface area contributed by atoms with E-state index in [2.05, 4.69) is 35.8 Å². The number of azo groups is 1. The molecule has 0 saturated carbocycles. The summed E-state index contributed by atoms with van der Waals surface area (Å²) >= 11 is 0. The smallest absolute Gasteiger partial charge is 0.378 e. The molecule has 2 aliphatic rings. The highest BCUT2D eigenvalue weighted by Crippen LogP contribution is 2.37. The van der Waals surface area contributed by atoms with E-state index in [9.17, 15) is 17.6 Å². The molecular weight excluding hydrogens is 530 g/mol. The Hall–Kier alpha value is -3.75. The molecule has 1 unspecified atom stereocenters. The van der Waals surface area contributed by atoms with E-state index in [0.717, 1.165) is 18.8 Å². The number of pyridine rings is 1. The number of aromatic nitrogens is 3. The van der Waals surface area contributed by atoms with Crippen LogP contribution in [0.4, 0.5) is 40.7 Å². The van der Waals surface area contributed by atoms with Gasteiger partial charge in [-0.05, 0) is 36.9 Å².